The minimum atomic E-state index is -3.71. The number of thiazole rings is 1. The third kappa shape index (κ3) is 3.54. The molecule has 0 spiro atoms. The van der Waals surface area contributed by atoms with E-state index in [1.165, 1.54) is 18.3 Å². The molecule has 1 atom stereocenters. The number of pyridine rings is 1. The average molecular weight is 377 g/mol. The Kier molecular flexibility index (Phi) is 4.82. The van der Waals surface area contributed by atoms with E-state index in [4.69, 9.17) is 0 Å². The van der Waals surface area contributed by atoms with E-state index in [9.17, 15) is 12.8 Å². The molecule has 8 heteroatoms. The molecule has 130 valence electrons. The van der Waals surface area contributed by atoms with Crippen LogP contribution in [0, 0.1) is 12.7 Å². The van der Waals surface area contributed by atoms with E-state index >= 15 is 0 Å². The van der Waals surface area contributed by atoms with Crippen LogP contribution in [-0.2, 0) is 9.84 Å². The molecule has 0 aliphatic heterocycles. The quantitative estimate of drug-likeness (QED) is 0.728. The molecule has 0 radical (unpaired) electrons. The summed E-state index contributed by atoms with van der Waals surface area (Å²) in [6, 6.07) is 9.30. The summed E-state index contributed by atoms with van der Waals surface area (Å²) >= 11 is 1.05. The lowest BCUT2D eigenvalue weighted by molar-refractivity contribution is 0.591. The van der Waals surface area contributed by atoms with Crippen molar-refractivity contribution in [1.29, 1.82) is 0 Å². The number of sulfone groups is 1. The number of nitrogens with one attached hydrogen (secondary N) is 1. The van der Waals surface area contributed by atoms with Crippen LogP contribution in [0.4, 0.5) is 10.1 Å². The largest absolute Gasteiger partial charge is 0.377 e. The van der Waals surface area contributed by atoms with Crippen molar-refractivity contribution in [3.05, 3.63) is 65.0 Å². The lowest BCUT2D eigenvalue weighted by Gasteiger charge is -2.18. The Morgan fingerprint density at radius 2 is 1.96 bits per heavy atom. The summed E-state index contributed by atoms with van der Waals surface area (Å²) in [6.45, 7) is 3.54. The molecular weight excluding hydrogens is 361 g/mol. The summed E-state index contributed by atoms with van der Waals surface area (Å²) in [5.41, 5.74) is 1.69. The molecule has 0 amide bonds. The fraction of sp³-hybridized carbons (Fsp3) is 0.176. The molecule has 0 fully saturated rings. The highest BCUT2D eigenvalue weighted by molar-refractivity contribution is 7.93. The molecular formula is C17H16FN3O2S2. The highest BCUT2D eigenvalue weighted by atomic mass is 32.2. The van der Waals surface area contributed by atoms with Gasteiger partial charge in [-0.25, -0.2) is 22.8 Å². The number of hydrogen-bond acceptors (Lipinski definition) is 6. The van der Waals surface area contributed by atoms with Crippen molar-refractivity contribution in [1.82, 2.24) is 9.97 Å². The van der Waals surface area contributed by atoms with Crippen molar-refractivity contribution in [3.8, 4) is 0 Å². The smallest absolute Gasteiger partial charge is 0.250 e. The van der Waals surface area contributed by atoms with Crippen LogP contribution in [0.3, 0.4) is 0 Å². The van der Waals surface area contributed by atoms with Gasteiger partial charge in [-0.1, -0.05) is 18.2 Å². The number of aromatic nitrogens is 2. The van der Waals surface area contributed by atoms with Gasteiger partial charge in [0.2, 0.25) is 4.34 Å². The Morgan fingerprint density at radius 1 is 1.20 bits per heavy atom. The van der Waals surface area contributed by atoms with E-state index < -0.39 is 9.84 Å². The maximum Gasteiger partial charge on any atom is 0.250 e. The van der Waals surface area contributed by atoms with Gasteiger partial charge in [-0.05, 0) is 32.0 Å². The van der Waals surface area contributed by atoms with Crippen molar-refractivity contribution in [2.24, 2.45) is 0 Å². The molecule has 2 aromatic heterocycles. The minimum absolute atomic E-state index is 0.0137. The average Bonchev–Trinajstić information content (AvgIpc) is 3.12. The molecule has 5 nitrogen and oxygen atoms in total. The van der Waals surface area contributed by atoms with Crippen molar-refractivity contribution in [2.75, 3.05) is 5.32 Å². The van der Waals surface area contributed by atoms with Crippen LogP contribution in [0.1, 0.15) is 24.2 Å². The van der Waals surface area contributed by atoms with Crippen LogP contribution in [0.15, 0.2) is 57.3 Å². The lowest BCUT2D eigenvalue weighted by Crippen LogP contribution is -2.11. The second-order valence-corrected chi connectivity index (χ2v) is 8.44. The van der Waals surface area contributed by atoms with Crippen molar-refractivity contribution in [2.45, 2.75) is 29.3 Å². The van der Waals surface area contributed by atoms with Gasteiger partial charge in [0.15, 0.2) is 5.03 Å². The first-order valence-electron chi connectivity index (χ1n) is 7.53. The first kappa shape index (κ1) is 17.5. The second-order valence-electron chi connectivity index (χ2n) is 5.47. The number of nitrogens with zero attached hydrogens (tertiary/aromatic N) is 2. The second kappa shape index (κ2) is 6.89. The zero-order chi connectivity index (χ0) is 18.0. The first-order chi connectivity index (χ1) is 11.9. The van der Waals surface area contributed by atoms with Gasteiger partial charge < -0.3 is 5.32 Å². The Bertz CT molecular complexity index is 989. The molecule has 1 N–H and O–H groups in total. The summed E-state index contributed by atoms with van der Waals surface area (Å²) in [7, 11) is -3.71. The summed E-state index contributed by atoms with van der Waals surface area (Å²) in [5.74, 6) is -0.295. The number of hydrogen-bond donors (Lipinski definition) is 1. The minimum Gasteiger partial charge on any atom is -0.377 e. The monoisotopic (exact) mass is 377 g/mol. The number of benzene rings is 1. The van der Waals surface area contributed by atoms with Crippen LogP contribution in [0.5, 0.6) is 0 Å². The zero-order valence-corrected chi connectivity index (χ0v) is 15.2. The van der Waals surface area contributed by atoms with Crippen LogP contribution >= 0.6 is 11.3 Å². The number of rotatable bonds is 5. The van der Waals surface area contributed by atoms with Gasteiger partial charge in [-0.15, -0.1) is 11.3 Å². The van der Waals surface area contributed by atoms with Crippen LogP contribution in [-0.4, -0.2) is 18.4 Å². The van der Waals surface area contributed by atoms with Gasteiger partial charge >= 0.3 is 0 Å². The summed E-state index contributed by atoms with van der Waals surface area (Å²) in [5, 5.41) is 4.72. The van der Waals surface area contributed by atoms with E-state index in [0.717, 1.165) is 11.3 Å². The van der Waals surface area contributed by atoms with E-state index in [1.807, 2.05) is 6.92 Å². The molecule has 0 aliphatic rings. The van der Waals surface area contributed by atoms with E-state index in [1.54, 1.807) is 36.6 Å². The molecule has 0 saturated heterocycles. The van der Waals surface area contributed by atoms with Crippen molar-refractivity contribution < 1.29 is 12.8 Å². The molecule has 0 aliphatic carbocycles. The predicted molar refractivity (Wildman–Crippen MR) is 95.0 cm³/mol. The van der Waals surface area contributed by atoms with Crippen molar-refractivity contribution >= 4 is 26.9 Å². The third-order valence-corrected chi connectivity index (χ3v) is 6.57. The number of anilines is 1. The predicted octanol–water partition coefficient (Wildman–Crippen LogP) is 3.99. The van der Waals surface area contributed by atoms with E-state index in [-0.39, 0.29) is 21.2 Å². The number of aryl methyl sites for hydroxylation is 1. The Balaban J connectivity index is 1.87. The van der Waals surface area contributed by atoms with Gasteiger partial charge in [0, 0.05) is 17.1 Å². The van der Waals surface area contributed by atoms with Gasteiger partial charge in [-0.3, -0.25) is 0 Å². The molecule has 3 rings (SSSR count). The molecule has 1 aromatic carbocycles. The van der Waals surface area contributed by atoms with E-state index in [2.05, 4.69) is 15.3 Å². The van der Waals surface area contributed by atoms with Gasteiger partial charge in [0.05, 0.1) is 17.4 Å². The Labute approximate surface area is 149 Å². The van der Waals surface area contributed by atoms with Gasteiger partial charge in [-0.2, -0.15) is 0 Å². The Morgan fingerprint density at radius 3 is 2.60 bits per heavy atom. The van der Waals surface area contributed by atoms with E-state index in [0.29, 0.717) is 16.9 Å². The molecule has 0 bridgehead atoms. The third-order valence-electron chi connectivity index (χ3n) is 3.72. The SMILES string of the molecule is Cc1nc(S(=O)(=O)c2nccs2)ccc1N[C@@H](C)c1ccccc1F. The molecule has 3 aromatic rings. The van der Waals surface area contributed by atoms with Crippen LogP contribution in [0.2, 0.25) is 0 Å². The van der Waals surface area contributed by atoms with Gasteiger partial charge in [0.1, 0.15) is 5.82 Å². The fourth-order valence-corrected chi connectivity index (χ4v) is 4.58. The fourth-order valence-electron chi connectivity index (χ4n) is 2.41. The van der Waals surface area contributed by atoms with Gasteiger partial charge in [0.25, 0.3) is 9.84 Å². The maximum atomic E-state index is 13.9. The normalized spacial score (nSPS) is 12.8. The standard InChI is InChI=1S/C17H16FN3O2S2/c1-11(13-5-3-4-6-14(13)18)20-15-7-8-16(21-12(15)2)25(22,23)17-19-9-10-24-17/h3-11,20H,1-2H3/t11-/m0/s1. The maximum absolute atomic E-state index is 13.9. The van der Waals surface area contributed by atoms with Crippen molar-refractivity contribution in [3.63, 3.8) is 0 Å². The van der Waals surface area contributed by atoms with Crippen LogP contribution < -0.4 is 5.32 Å². The molecule has 0 unspecified atom stereocenters. The topological polar surface area (TPSA) is 72.0 Å². The first-order valence-corrected chi connectivity index (χ1v) is 9.89. The molecule has 2 heterocycles. The number of halogens is 1. The molecule has 0 saturated carbocycles. The lowest BCUT2D eigenvalue weighted by atomic mass is 10.1. The van der Waals surface area contributed by atoms with Crippen LogP contribution in [0.25, 0.3) is 0 Å². The Hall–Kier alpha value is -2.32. The summed E-state index contributed by atoms with van der Waals surface area (Å²) < 4.78 is 38.8. The summed E-state index contributed by atoms with van der Waals surface area (Å²) in [4.78, 5) is 8.04. The molecule has 25 heavy (non-hydrogen) atoms. The summed E-state index contributed by atoms with van der Waals surface area (Å²) in [6.07, 6.45) is 1.44. The zero-order valence-electron chi connectivity index (χ0n) is 13.6. The highest BCUT2D eigenvalue weighted by Crippen LogP contribution is 2.26. The highest BCUT2D eigenvalue weighted by Gasteiger charge is 2.23.